The van der Waals surface area contributed by atoms with Gasteiger partial charge in [0.1, 0.15) is 6.29 Å². The van der Waals surface area contributed by atoms with E-state index in [0.29, 0.717) is 25.7 Å². The van der Waals surface area contributed by atoms with Gasteiger partial charge in [-0.3, -0.25) is 9.46 Å². The summed E-state index contributed by atoms with van der Waals surface area (Å²) in [6.45, 7) is 4.12. The van der Waals surface area contributed by atoms with Crippen LogP contribution in [-0.2, 0) is 15.5 Å². The van der Waals surface area contributed by atoms with E-state index in [1.54, 1.807) is 13.8 Å². The van der Waals surface area contributed by atoms with Gasteiger partial charge in [0.25, 0.3) is 0 Å². The van der Waals surface area contributed by atoms with Crippen molar-refractivity contribution in [3.63, 3.8) is 0 Å². The third-order valence-corrected chi connectivity index (χ3v) is 5.39. The molecule has 112 valence electrons. The summed E-state index contributed by atoms with van der Waals surface area (Å²) in [7, 11) is -2.97. The Morgan fingerprint density at radius 1 is 1.30 bits per heavy atom. The van der Waals surface area contributed by atoms with Crippen LogP contribution in [0.2, 0.25) is 0 Å². The van der Waals surface area contributed by atoms with E-state index in [1.807, 2.05) is 30.3 Å². The molecule has 1 N–H and O–H groups in total. The summed E-state index contributed by atoms with van der Waals surface area (Å²) < 4.78 is 18.1. The normalized spacial score (nSPS) is 13.7. The molecule has 1 unspecified atom stereocenters. The number of aryl methyl sites for hydroxylation is 1. The fourth-order valence-electron chi connectivity index (χ4n) is 1.91. The summed E-state index contributed by atoms with van der Waals surface area (Å²) >= 11 is 0. The Hall–Kier alpha value is -1.32. The van der Waals surface area contributed by atoms with Crippen molar-refractivity contribution in [3.8, 4) is 0 Å². The molecule has 0 aliphatic carbocycles. The molecule has 0 bridgehead atoms. The molecule has 20 heavy (non-hydrogen) atoms. The maximum absolute atomic E-state index is 12.7. The first-order chi connectivity index (χ1) is 9.50. The van der Waals surface area contributed by atoms with Crippen LogP contribution >= 0.6 is 7.37 Å². The van der Waals surface area contributed by atoms with Gasteiger partial charge in [-0.1, -0.05) is 30.3 Å². The maximum Gasteiger partial charge on any atom is 0.407 e. The molecule has 0 aliphatic heterocycles. The lowest BCUT2D eigenvalue weighted by molar-refractivity contribution is 0.152. The lowest BCUT2D eigenvalue weighted by atomic mass is 10.2. The lowest BCUT2D eigenvalue weighted by Crippen LogP contribution is -2.31. The predicted molar refractivity (Wildman–Crippen MR) is 79.5 cm³/mol. The first-order valence-corrected chi connectivity index (χ1v) is 8.74. The minimum atomic E-state index is -2.97. The summed E-state index contributed by atoms with van der Waals surface area (Å²) in [6, 6.07) is 9.71. The van der Waals surface area contributed by atoms with Crippen LogP contribution in [0.1, 0.15) is 19.4 Å². The highest BCUT2D eigenvalue weighted by Crippen LogP contribution is 2.47. The van der Waals surface area contributed by atoms with Crippen LogP contribution in [0.15, 0.2) is 30.3 Å². The van der Waals surface area contributed by atoms with Crippen LogP contribution in [-0.4, -0.2) is 41.7 Å². The van der Waals surface area contributed by atoms with Crippen molar-refractivity contribution in [2.45, 2.75) is 20.3 Å². The monoisotopic (exact) mass is 299 g/mol. The van der Waals surface area contributed by atoms with E-state index in [1.165, 1.54) is 0 Å². The molecule has 1 atom stereocenters. The van der Waals surface area contributed by atoms with Gasteiger partial charge in [-0.25, -0.2) is 4.79 Å². The molecule has 1 aromatic carbocycles. The first-order valence-electron chi connectivity index (χ1n) is 6.75. The summed E-state index contributed by atoms with van der Waals surface area (Å²) in [5.41, 5.74) is 1.07. The molecule has 0 saturated heterocycles. The summed E-state index contributed by atoms with van der Waals surface area (Å²) in [4.78, 5) is 12.2. The van der Waals surface area contributed by atoms with Crippen LogP contribution in [0, 0.1) is 0 Å². The fourth-order valence-corrected chi connectivity index (χ4v) is 4.17. The van der Waals surface area contributed by atoms with Crippen molar-refractivity contribution in [1.82, 2.24) is 4.90 Å². The lowest BCUT2D eigenvalue weighted by Gasteiger charge is -2.24. The van der Waals surface area contributed by atoms with Crippen LogP contribution in [0.5, 0.6) is 0 Å². The van der Waals surface area contributed by atoms with E-state index < -0.39 is 13.5 Å². The van der Waals surface area contributed by atoms with E-state index >= 15 is 0 Å². The molecule has 1 aromatic rings. The minimum absolute atomic E-state index is 0.0422. The van der Waals surface area contributed by atoms with Crippen LogP contribution < -0.4 is 0 Å². The highest BCUT2D eigenvalue weighted by molar-refractivity contribution is 7.58. The molecule has 0 heterocycles. The van der Waals surface area contributed by atoms with Gasteiger partial charge < -0.3 is 9.63 Å². The standard InChI is InChI=1S/C14H22NO4P/c1-3-15(14(16)17)12-20(18,19-4-2)11-10-13-8-6-5-7-9-13/h5-9H,3-4,10-12H2,1-2H3,(H,16,17). The smallest absolute Gasteiger partial charge is 0.407 e. The zero-order valence-corrected chi connectivity index (χ0v) is 12.9. The summed E-state index contributed by atoms with van der Waals surface area (Å²) in [5, 5.41) is 9.04. The second-order valence-electron chi connectivity index (χ2n) is 4.47. The molecule has 0 spiro atoms. The van der Waals surface area contributed by atoms with Gasteiger partial charge in [0.15, 0.2) is 0 Å². The molecule has 0 fully saturated rings. The van der Waals surface area contributed by atoms with Crippen molar-refractivity contribution >= 4 is 13.5 Å². The average Bonchev–Trinajstić information content (AvgIpc) is 2.44. The molecule has 0 aromatic heterocycles. The maximum atomic E-state index is 12.7. The topological polar surface area (TPSA) is 66.8 Å². The summed E-state index contributed by atoms with van der Waals surface area (Å²) in [5.74, 6) is 0. The number of hydrogen-bond donors (Lipinski definition) is 1. The van der Waals surface area contributed by atoms with Gasteiger partial charge in [0.2, 0.25) is 7.37 Å². The zero-order chi connectivity index (χ0) is 15.0. The van der Waals surface area contributed by atoms with Crippen molar-refractivity contribution in [2.75, 3.05) is 25.6 Å². The molecule has 0 radical (unpaired) electrons. The number of rotatable bonds is 8. The predicted octanol–water partition coefficient (Wildman–Crippen LogP) is 3.50. The number of hydrogen-bond acceptors (Lipinski definition) is 3. The van der Waals surface area contributed by atoms with E-state index in [2.05, 4.69) is 0 Å². The second-order valence-corrected chi connectivity index (χ2v) is 7.09. The van der Waals surface area contributed by atoms with E-state index in [-0.39, 0.29) is 6.29 Å². The molecule has 0 aliphatic rings. The number of amides is 1. The number of carboxylic acid groups (broad SMARTS) is 1. The Morgan fingerprint density at radius 3 is 2.45 bits per heavy atom. The van der Waals surface area contributed by atoms with E-state index in [9.17, 15) is 9.36 Å². The Labute approximate surface area is 120 Å². The number of carbonyl (C=O) groups is 1. The van der Waals surface area contributed by atoms with Crippen molar-refractivity contribution in [3.05, 3.63) is 35.9 Å². The van der Waals surface area contributed by atoms with Gasteiger partial charge in [0, 0.05) is 12.7 Å². The zero-order valence-electron chi connectivity index (χ0n) is 12.0. The molecule has 6 heteroatoms. The highest BCUT2D eigenvalue weighted by atomic mass is 31.2. The van der Waals surface area contributed by atoms with Gasteiger partial charge >= 0.3 is 6.09 Å². The van der Waals surface area contributed by atoms with E-state index in [0.717, 1.165) is 10.5 Å². The van der Waals surface area contributed by atoms with Gasteiger partial charge in [-0.05, 0) is 25.8 Å². The fraction of sp³-hybridized carbons (Fsp3) is 0.500. The van der Waals surface area contributed by atoms with Crippen LogP contribution in [0.3, 0.4) is 0 Å². The van der Waals surface area contributed by atoms with E-state index in [4.69, 9.17) is 9.63 Å². The second kappa shape index (κ2) is 8.08. The summed E-state index contributed by atoms with van der Waals surface area (Å²) in [6.07, 6.45) is -0.129. The highest BCUT2D eigenvalue weighted by Gasteiger charge is 2.27. The molecule has 5 nitrogen and oxygen atoms in total. The van der Waals surface area contributed by atoms with Gasteiger partial charge in [-0.15, -0.1) is 0 Å². The SMILES string of the molecule is CCOP(=O)(CCc1ccccc1)CN(CC)C(=O)O. The Balaban J connectivity index is 2.70. The molecule has 0 saturated carbocycles. The molecule has 1 amide bonds. The van der Waals surface area contributed by atoms with Crippen molar-refractivity contribution < 1.29 is 19.0 Å². The molecular weight excluding hydrogens is 277 g/mol. The Morgan fingerprint density at radius 2 is 1.95 bits per heavy atom. The van der Waals surface area contributed by atoms with Gasteiger partial charge in [-0.2, -0.15) is 0 Å². The third-order valence-electron chi connectivity index (χ3n) is 2.99. The Bertz CT molecular complexity index is 464. The largest absolute Gasteiger partial charge is 0.465 e. The average molecular weight is 299 g/mol. The molecular formula is C14H22NO4P. The van der Waals surface area contributed by atoms with Crippen LogP contribution in [0.25, 0.3) is 0 Å². The number of nitrogens with zero attached hydrogens (tertiary/aromatic N) is 1. The van der Waals surface area contributed by atoms with Crippen LogP contribution in [0.4, 0.5) is 4.79 Å². The van der Waals surface area contributed by atoms with Crippen molar-refractivity contribution in [2.24, 2.45) is 0 Å². The Kier molecular flexibility index (Phi) is 6.76. The number of benzene rings is 1. The van der Waals surface area contributed by atoms with Gasteiger partial charge in [0.05, 0.1) is 6.61 Å². The quantitative estimate of drug-likeness (QED) is 0.746. The first kappa shape index (κ1) is 16.7. The van der Waals surface area contributed by atoms with Crippen molar-refractivity contribution in [1.29, 1.82) is 0 Å². The minimum Gasteiger partial charge on any atom is -0.465 e. The third kappa shape index (κ3) is 5.35. The molecule has 1 rings (SSSR count).